The zero-order valence-electron chi connectivity index (χ0n) is 13.8. The molecule has 7 heteroatoms. The van der Waals surface area contributed by atoms with E-state index in [2.05, 4.69) is 21.8 Å². The second-order valence-corrected chi connectivity index (χ2v) is 7.97. The highest BCUT2D eigenvalue weighted by Crippen LogP contribution is 2.33. The molecular formula is C18H20N2O4S. The van der Waals surface area contributed by atoms with Crippen molar-refractivity contribution in [2.75, 3.05) is 24.8 Å². The number of nitrogens with one attached hydrogen (secondary N) is 1. The maximum absolute atomic E-state index is 12.5. The Morgan fingerprint density at radius 2 is 1.68 bits per heavy atom. The Labute approximate surface area is 147 Å². The molecule has 6 nitrogen and oxygen atoms in total. The van der Waals surface area contributed by atoms with Gasteiger partial charge in [-0.2, -0.15) is 0 Å². The van der Waals surface area contributed by atoms with Gasteiger partial charge in [0.25, 0.3) is 0 Å². The summed E-state index contributed by atoms with van der Waals surface area (Å²) in [5, 5.41) is 0. The Balaban J connectivity index is 1.43. The van der Waals surface area contributed by atoms with Crippen molar-refractivity contribution in [3.05, 3.63) is 48.0 Å². The Bertz CT molecular complexity index is 859. The molecule has 2 aliphatic heterocycles. The lowest BCUT2D eigenvalue weighted by molar-refractivity contribution is 0.174. The van der Waals surface area contributed by atoms with Gasteiger partial charge in [-0.3, -0.25) is 0 Å². The molecule has 0 saturated carbocycles. The summed E-state index contributed by atoms with van der Waals surface area (Å²) in [5.41, 5.74) is 2.12. The lowest BCUT2D eigenvalue weighted by Crippen LogP contribution is -2.23. The maximum Gasteiger partial charge on any atom is 0.241 e. The first kappa shape index (κ1) is 16.2. The molecule has 0 aromatic heterocycles. The zero-order valence-corrected chi connectivity index (χ0v) is 14.6. The van der Waals surface area contributed by atoms with Crippen molar-refractivity contribution in [3.8, 4) is 11.5 Å². The van der Waals surface area contributed by atoms with Gasteiger partial charge in [0.1, 0.15) is 0 Å². The normalized spacial score (nSPS) is 16.4. The van der Waals surface area contributed by atoms with Crippen molar-refractivity contribution in [1.82, 2.24) is 4.72 Å². The molecule has 2 aromatic carbocycles. The second-order valence-electron chi connectivity index (χ2n) is 6.20. The summed E-state index contributed by atoms with van der Waals surface area (Å²) in [4.78, 5) is 2.52. The van der Waals surface area contributed by atoms with Gasteiger partial charge in [-0.1, -0.05) is 12.1 Å². The van der Waals surface area contributed by atoms with Gasteiger partial charge in [0, 0.05) is 31.4 Å². The lowest BCUT2D eigenvalue weighted by atomic mass is 10.2. The number of nitrogens with zero attached hydrogens (tertiary/aromatic N) is 1. The number of ether oxygens (including phenoxy) is 2. The maximum atomic E-state index is 12.5. The monoisotopic (exact) mass is 360 g/mol. The van der Waals surface area contributed by atoms with Crippen LogP contribution < -0.4 is 19.1 Å². The lowest BCUT2D eigenvalue weighted by Gasteiger charge is -2.17. The SMILES string of the molecule is O=S(=O)(NCc1ccc(N2CCCC2)cc1)c1ccc2c(c1)OCO2. The van der Waals surface area contributed by atoms with Gasteiger partial charge in [0.15, 0.2) is 11.5 Å². The van der Waals surface area contributed by atoms with E-state index in [4.69, 9.17) is 9.47 Å². The van der Waals surface area contributed by atoms with E-state index >= 15 is 0 Å². The molecule has 0 amide bonds. The van der Waals surface area contributed by atoms with Crippen molar-refractivity contribution >= 4 is 15.7 Å². The highest BCUT2D eigenvalue weighted by Gasteiger charge is 2.20. The summed E-state index contributed by atoms with van der Waals surface area (Å²) >= 11 is 0. The number of hydrogen-bond donors (Lipinski definition) is 1. The minimum Gasteiger partial charge on any atom is -0.454 e. The standard InChI is InChI=1S/C18H20N2O4S/c21-25(22,16-7-8-17-18(11-16)24-13-23-17)19-12-14-3-5-15(6-4-14)20-9-1-2-10-20/h3-8,11,19H,1-2,9-10,12-13H2. The summed E-state index contributed by atoms with van der Waals surface area (Å²) in [7, 11) is -3.60. The van der Waals surface area contributed by atoms with Gasteiger partial charge in [-0.25, -0.2) is 13.1 Å². The number of anilines is 1. The van der Waals surface area contributed by atoms with Crippen LogP contribution in [0, 0.1) is 0 Å². The van der Waals surface area contributed by atoms with E-state index in [9.17, 15) is 8.42 Å². The summed E-state index contributed by atoms with van der Waals surface area (Å²) in [5.74, 6) is 1.02. The van der Waals surface area contributed by atoms with E-state index in [1.54, 1.807) is 6.07 Å². The summed E-state index contributed by atoms with van der Waals surface area (Å²) in [6, 6.07) is 12.7. The van der Waals surface area contributed by atoms with Gasteiger partial charge in [-0.15, -0.1) is 0 Å². The van der Waals surface area contributed by atoms with Gasteiger partial charge in [-0.05, 0) is 42.7 Å². The van der Waals surface area contributed by atoms with Crippen molar-refractivity contribution in [2.24, 2.45) is 0 Å². The van der Waals surface area contributed by atoms with Crippen LogP contribution in [0.25, 0.3) is 0 Å². The average Bonchev–Trinajstić information content (AvgIpc) is 3.31. The molecule has 1 fully saturated rings. The van der Waals surface area contributed by atoms with Crippen molar-refractivity contribution in [3.63, 3.8) is 0 Å². The summed E-state index contributed by atoms with van der Waals surface area (Å²) in [6.45, 7) is 2.55. The zero-order chi connectivity index (χ0) is 17.3. The van der Waals surface area contributed by atoms with Crippen molar-refractivity contribution in [1.29, 1.82) is 0 Å². The van der Waals surface area contributed by atoms with E-state index in [-0.39, 0.29) is 18.2 Å². The van der Waals surface area contributed by atoms with Crippen LogP contribution in [0.2, 0.25) is 0 Å². The van der Waals surface area contributed by atoms with E-state index in [0.29, 0.717) is 11.5 Å². The highest BCUT2D eigenvalue weighted by atomic mass is 32.2. The molecule has 0 spiro atoms. The molecule has 132 valence electrons. The number of hydrogen-bond acceptors (Lipinski definition) is 5. The third-order valence-electron chi connectivity index (χ3n) is 4.53. The molecule has 1 N–H and O–H groups in total. The van der Waals surface area contributed by atoms with Gasteiger partial charge in [0.2, 0.25) is 16.8 Å². The summed E-state index contributed by atoms with van der Waals surface area (Å²) in [6.07, 6.45) is 2.47. The molecule has 0 radical (unpaired) electrons. The quantitative estimate of drug-likeness (QED) is 0.887. The third-order valence-corrected chi connectivity index (χ3v) is 5.93. The topological polar surface area (TPSA) is 67.9 Å². The Kier molecular flexibility index (Phi) is 4.27. The van der Waals surface area contributed by atoms with Crippen LogP contribution in [0.5, 0.6) is 11.5 Å². The first-order chi connectivity index (χ1) is 12.1. The molecule has 1 saturated heterocycles. The largest absolute Gasteiger partial charge is 0.454 e. The van der Waals surface area contributed by atoms with Gasteiger partial charge in [0.05, 0.1) is 4.90 Å². The molecule has 0 bridgehead atoms. The van der Waals surface area contributed by atoms with Crippen LogP contribution in [0.15, 0.2) is 47.4 Å². The second kappa shape index (κ2) is 6.57. The molecule has 4 rings (SSSR count). The number of sulfonamides is 1. The first-order valence-corrected chi connectivity index (χ1v) is 9.83. The molecule has 0 unspecified atom stereocenters. The molecular weight excluding hydrogens is 340 g/mol. The van der Waals surface area contributed by atoms with E-state index in [0.717, 1.165) is 18.7 Å². The molecule has 2 aliphatic rings. The fourth-order valence-electron chi connectivity index (χ4n) is 3.11. The van der Waals surface area contributed by atoms with Crippen molar-refractivity contribution < 1.29 is 17.9 Å². The molecule has 0 atom stereocenters. The van der Waals surface area contributed by atoms with Crippen molar-refractivity contribution in [2.45, 2.75) is 24.3 Å². The number of benzene rings is 2. The van der Waals surface area contributed by atoms with Gasteiger partial charge >= 0.3 is 0 Å². The van der Waals surface area contributed by atoms with Gasteiger partial charge < -0.3 is 14.4 Å². The smallest absolute Gasteiger partial charge is 0.241 e. The molecule has 25 heavy (non-hydrogen) atoms. The number of fused-ring (bicyclic) bond motifs is 1. The van der Waals surface area contributed by atoms with E-state index in [1.807, 2.05) is 12.1 Å². The predicted molar refractivity (Wildman–Crippen MR) is 94.5 cm³/mol. The minimum atomic E-state index is -3.60. The fourth-order valence-corrected chi connectivity index (χ4v) is 4.14. The van der Waals surface area contributed by atoms with E-state index in [1.165, 1.54) is 30.7 Å². The Morgan fingerprint density at radius 3 is 2.44 bits per heavy atom. The fraction of sp³-hybridized carbons (Fsp3) is 0.333. The highest BCUT2D eigenvalue weighted by molar-refractivity contribution is 7.89. The number of rotatable bonds is 5. The third kappa shape index (κ3) is 3.43. The van der Waals surface area contributed by atoms with Crippen LogP contribution in [0.3, 0.4) is 0 Å². The molecule has 2 aromatic rings. The molecule has 0 aliphatic carbocycles. The van der Waals surface area contributed by atoms with Crippen LogP contribution >= 0.6 is 0 Å². The Hall–Kier alpha value is -2.25. The summed E-state index contributed by atoms with van der Waals surface area (Å²) < 4.78 is 38.0. The Morgan fingerprint density at radius 1 is 0.960 bits per heavy atom. The minimum absolute atomic E-state index is 0.121. The predicted octanol–water partition coefficient (Wildman–Crippen LogP) is 2.49. The van der Waals surface area contributed by atoms with Crippen LogP contribution in [-0.4, -0.2) is 28.3 Å². The van der Waals surface area contributed by atoms with Crippen LogP contribution in [-0.2, 0) is 16.6 Å². The van der Waals surface area contributed by atoms with E-state index < -0.39 is 10.0 Å². The van der Waals surface area contributed by atoms with Crippen LogP contribution in [0.1, 0.15) is 18.4 Å². The molecule has 2 heterocycles. The van der Waals surface area contributed by atoms with Crippen LogP contribution in [0.4, 0.5) is 5.69 Å². The first-order valence-electron chi connectivity index (χ1n) is 8.35. The average molecular weight is 360 g/mol.